The van der Waals surface area contributed by atoms with Gasteiger partial charge in [0.25, 0.3) is 0 Å². The van der Waals surface area contributed by atoms with Crippen molar-refractivity contribution in [1.29, 1.82) is 0 Å². The molecule has 0 amide bonds. The highest BCUT2D eigenvalue weighted by Crippen LogP contribution is 2.44. The number of H-pyrrole nitrogens is 1. The van der Waals surface area contributed by atoms with Crippen LogP contribution in [0.15, 0.2) is 31.0 Å². The molecule has 6 heterocycles. The van der Waals surface area contributed by atoms with Gasteiger partial charge in [-0.15, -0.1) is 6.58 Å². The molecule has 2 unspecified atom stereocenters. The summed E-state index contributed by atoms with van der Waals surface area (Å²) >= 11 is 6.88. The first kappa shape index (κ1) is 27.2. The van der Waals surface area contributed by atoms with Gasteiger partial charge in [-0.05, 0) is 76.2 Å². The number of aromatic amines is 1. The van der Waals surface area contributed by atoms with Crippen molar-refractivity contribution in [3.63, 3.8) is 0 Å². The molecule has 43 heavy (non-hydrogen) atoms. The van der Waals surface area contributed by atoms with Gasteiger partial charge in [0.15, 0.2) is 5.82 Å². The Kier molecular flexibility index (Phi) is 6.23. The molecule has 2 atom stereocenters. The summed E-state index contributed by atoms with van der Waals surface area (Å²) in [7, 11) is 0. The summed E-state index contributed by atoms with van der Waals surface area (Å²) in [6.45, 7) is 9.67. The van der Waals surface area contributed by atoms with Crippen LogP contribution in [0.25, 0.3) is 32.9 Å². The number of anilines is 1. The van der Waals surface area contributed by atoms with Crippen LogP contribution in [0.2, 0.25) is 5.02 Å². The van der Waals surface area contributed by atoms with E-state index < -0.39 is 11.6 Å². The fourth-order valence-electron chi connectivity index (χ4n) is 8.14. The maximum atomic E-state index is 16.9. The fraction of sp³-hybridized carbons (Fsp3) is 0.469. The van der Waals surface area contributed by atoms with E-state index in [-0.39, 0.29) is 44.8 Å². The third kappa shape index (κ3) is 4.17. The molecule has 4 fully saturated rings. The average Bonchev–Trinajstić information content (AvgIpc) is 3.77. The summed E-state index contributed by atoms with van der Waals surface area (Å²) in [5.74, 6) is -0.522. The number of nitrogens with one attached hydrogen (secondary N) is 2. The van der Waals surface area contributed by atoms with Crippen molar-refractivity contribution in [3.05, 3.63) is 53.2 Å². The highest BCUT2D eigenvalue weighted by atomic mass is 35.5. The van der Waals surface area contributed by atoms with Crippen LogP contribution in [-0.2, 0) is 0 Å². The largest absolute Gasteiger partial charge is 0.461 e. The van der Waals surface area contributed by atoms with Crippen molar-refractivity contribution in [2.45, 2.75) is 62.6 Å². The van der Waals surface area contributed by atoms with Crippen LogP contribution in [0, 0.1) is 18.6 Å². The van der Waals surface area contributed by atoms with Crippen LogP contribution in [0.1, 0.15) is 44.1 Å². The zero-order chi connectivity index (χ0) is 29.5. The quantitative estimate of drug-likeness (QED) is 0.264. The normalized spacial score (nSPS) is 24.7. The topological polar surface area (TPSA) is 82.2 Å². The van der Waals surface area contributed by atoms with E-state index in [4.69, 9.17) is 21.3 Å². The molecule has 11 heteroatoms. The lowest BCUT2D eigenvalue weighted by Crippen LogP contribution is -2.58. The van der Waals surface area contributed by atoms with Gasteiger partial charge in [0.05, 0.1) is 27.8 Å². The molecule has 2 aromatic carbocycles. The number of aromatic nitrogens is 4. The van der Waals surface area contributed by atoms with E-state index in [0.29, 0.717) is 47.4 Å². The van der Waals surface area contributed by atoms with E-state index >= 15 is 8.78 Å². The van der Waals surface area contributed by atoms with E-state index in [1.165, 1.54) is 6.07 Å². The number of hydrogen-bond donors (Lipinski definition) is 2. The van der Waals surface area contributed by atoms with E-state index in [9.17, 15) is 0 Å². The number of fused-ring (bicyclic) bond motifs is 5. The van der Waals surface area contributed by atoms with Gasteiger partial charge in [0, 0.05) is 41.0 Å². The van der Waals surface area contributed by atoms with Crippen molar-refractivity contribution < 1.29 is 13.5 Å². The first-order valence-corrected chi connectivity index (χ1v) is 15.5. The number of benzene rings is 2. The first-order valence-electron chi connectivity index (χ1n) is 15.2. The van der Waals surface area contributed by atoms with Gasteiger partial charge >= 0.3 is 6.01 Å². The van der Waals surface area contributed by atoms with Gasteiger partial charge < -0.3 is 15.0 Å². The Bertz CT molecular complexity index is 1780. The van der Waals surface area contributed by atoms with Crippen LogP contribution < -0.4 is 15.0 Å². The SMILES string of the molecule is C=CC12CCC(CN(c3nc(OCC45CCCN4CCC5)nc4c(F)c(-c5c(C)c(F)cc6[nH]ncc56)c(Cl)cc34)C1)N2. The fourth-order valence-corrected chi connectivity index (χ4v) is 8.43. The number of nitrogens with zero attached hydrogens (tertiary/aromatic N) is 5. The standard InChI is InChI=1S/C32H34ClF2N7O/c1-3-31-9-6-19(39-31)15-41(16-31)29-20-12-22(33)26(25-18(2)23(34)13-24-21(25)14-36-40-24)27(35)28(20)37-30(38-29)43-17-32-7-4-10-42(32)11-5-8-32/h3,12-14,19,39H,1,4-11,15-17H2,2H3,(H,36,40). The summed E-state index contributed by atoms with van der Waals surface area (Å²) < 4.78 is 38.3. The van der Waals surface area contributed by atoms with E-state index in [2.05, 4.69) is 36.9 Å². The van der Waals surface area contributed by atoms with Gasteiger partial charge in [-0.3, -0.25) is 10.00 Å². The van der Waals surface area contributed by atoms with Gasteiger partial charge in [0.1, 0.15) is 23.8 Å². The maximum absolute atomic E-state index is 16.9. The summed E-state index contributed by atoms with van der Waals surface area (Å²) in [6.07, 6.45) is 9.97. The van der Waals surface area contributed by atoms with Gasteiger partial charge in [-0.2, -0.15) is 15.1 Å². The van der Waals surface area contributed by atoms with Gasteiger partial charge in [0.2, 0.25) is 0 Å². The lowest BCUT2D eigenvalue weighted by molar-refractivity contribution is 0.108. The van der Waals surface area contributed by atoms with Crippen LogP contribution in [0.3, 0.4) is 0 Å². The molecule has 4 aliphatic heterocycles. The first-order chi connectivity index (χ1) is 20.8. The van der Waals surface area contributed by atoms with Crippen molar-refractivity contribution in [3.8, 4) is 17.1 Å². The molecular formula is C32H34ClF2N7O. The molecular weight excluding hydrogens is 572 g/mol. The highest BCUT2D eigenvalue weighted by Gasteiger charge is 2.46. The molecule has 8 rings (SSSR count). The molecule has 0 radical (unpaired) electrons. The second-order valence-electron chi connectivity index (χ2n) is 12.8. The lowest BCUT2D eigenvalue weighted by atomic mass is 9.94. The van der Waals surface area contributed by atoms with Crippen LogP contribution in [0.5, 0.6) is 6.01 Å². The molecule has 0 spiro atoms. The number of rotatable bonds is 6. The Balaban J connectivity index is 1.30. The maximum Gasteiger partial charge on any atom is 0.319 e. The summed E-state index contributed by atoms with van der Waals surface area (Å²) in [5, 5.41) is 11.8. The predicted octanol–water partition coefficient (Wildman–Crippen LogP) is 5.92. The monoisotopic (exact) mass is 605 g/mol. The number of piperazine rings is 1. The molecule has 8 nitrogen and oxygen atoms in total. The third-order valence-corrected chi connectivity index (χ3v) is 10.6. The minimum Gasteiger partial charge on any atom is -0.461 e. The van der Waals surface area contributed by atoms with Gasteiger partial charge in [-0.1, -0.05) is 17.7 Å². The molecule has 2 aromatic heterocycles. The van der Waals surface area contributed by atoms with Gasteiger partial charge in [-0.25, -0.2) is 8.78 Å². The number of hydrogen-bond acceptors (Lipinski definition) is 7. The number of ether oxygens (including phenoxy) is 1. The van der Waals surface area contributed by atoms with Crippen molar-refractivity contribution in [1.82, 2.24) is 30.4 Å². The molecule has 4 aromatic rings. The second kappa shape index (κ2) is 9.84. The van der Waals surface area contributed by atoms with Crippen LogP contribution >= 0.6 is 11.6 Å². The minimum atomic E-state index is -0.634. The second-order valence-corrected chi connectivity index (χ2v) is 13.2. The smallest absolute Gasteiger partial charge is 0.319 e. The van der Waals surface area contributed by atoms with Crippen LogP contribution in [-0.4, -0.2) is 75.0 Å². The van der Waals surface area contributed by atoms with E-state index in [1.54, 1.807) is 19.2 Å². The zero-order valence-electron chi connectivity index (χ0n) is 24.2. The molecule has 2 N–H and O–H groups in total. The molecule has 2 bridgehead atoms. The summed E-state index contributed by atoms with van der Waals surface area (Å²) in [6, 6.07) is 3.48. The van der Waals surface area contributed by atoms with Crippen molar-refractivity contribution in [2.24, 2.45) is 0 Å². The minimum absolute atomic E-state index is 0.0190. The Labute approximate surface area is 253 Å². The average molecular weight is 606 g/mol. The molecule has 4 aliphatic rings. The lowest BCUT2D eigenvalue weighted by Gasteiger charge is -2.40. The van der Waals surface area contributed by atoms with Crippen molar-refractivity contribution in [2.75, 3.05) is 37.7 Å². The van der Waals surface area contributed by atoms with E-state index in [0.717, 1.165) is 51.6 Å². The zero-order valence-corrected chi connectivity index (χ0v) is 24.9. The molecule has 0 saturated carbocycles. The van der Waals surface area contributed by atoms with Crippen LogP contribution in [0.4, 0.5) is 14.6 Å². The third-order valence-electron chi connectivity index (χ3n) is 10.4. The Morgan fingerprint density at radius 3 is 2.74 bits per heavy atom. The van der Waals surface area contributed by atoms with Crippen molar-refractivity contribution >= 4 is 39.2 Å². The highest BCUT2D eigenvalue weighted by molar-refractivity contribution is 6.35. The Morgan fingerprint density at radius 2 is 1.95 bits per heavy atom. The molecule has 224 valence electrons. The van der Waals surface area contributed by atoms with E-state index in [1.807, 2.05) is 6.08 Å². The predicted molar refractivity (Wildman–Crippen MR) is 164 cm³/mol. The summed E-state index contributed by atoms with van der Waals surface area (Å²) in [4.78, 5) is 14.3. The Hall–Kier alpha value is -3.34. The Morgan fingerprint density at radius 1 is 1.14 bits per heavy atom. The summed E-state index contributed by atoms with van der Waals surface area (Å²) in [5.41, 5.74) is 1.03. The number of halogens is 3. The molecule has 4 saturated heterocycles. The molecule has 0 aliphatic carbocycles.